The summed E-state index contributed by atoms with van der Waals surface area (Å²) < 4.78 is 1.62. The van der Waals surface area contributed by atoms with E-state index in [2.05, 4.69) is 25.2 Å². The summed E-state index contributed by atoms with van der Waals surface area (Å²) in [5, 5.41) is 8.06. The average Bonchev–Trinajstić information content (AvgIpc) is 2.81. The van der Waals surface area contributed by atoms with Gasteiger partial charge in [0.05, 0.1) is 0 Å². The maximum Gasteiger partial charge on any atom is 0.220 e. The number of nitrogens with two attached hydrogens (primary N) is 1. The van der Waals surface area contributed by atoms with Crippen molar-refractivity contribution in [3.63, 3.8) is 0 Å². The van der Waals surface area contributed by atoms with Gasteiger partial charge in [0.25, 0.3) is 0 Å². The number of fused-ring (bicyclic) bond motifs is 1. The highest BCUT2D eigenvalue weighted by Gasteiger charge is 2.25. The minimum Gasteiger partial charge on any atom is -0.369 e. The lowest BCUT2D eigenvalue weighted by Gasteiger charge is -2.31. The molecule has 3 heterocycles. The molecule has 1 aliphatic heterocycles. The number of piperidine rings is 1. The lowest BCUT2D eigenvalue weighted by atomic mass is 9.96. The third-order valence-corrected chi connectivity index (χ3v) is 3.57. The first-order valence-corrected chi connectivity index (χ1v) is 6.21. The van der Waals surface area contributed by atoms with E-state index in [1.165, 1.54) is 6.33 Å². The molecule has 1 saturated heterocycles. The number of nitrogens with zero attached hydrogens (tertiary/aromatic N) is 6. The van der Waals surface area contributed by atoms with Crippen LogP contribution in [0.4, 0.5) is 5.82 Å². The molecule has 1 aliphatic rings. The second kappa shape index (κ2) is 4.45. The molecule has 0 bridgehead atoms. The summed E-state index contributed by atoms with van der Waals surface area (Å²) in [5.41, 5.74) is 6.74. The standard InChI is InChI=1S/C11H15N7O/c1-17-10-8(15-16-17)11(14-6-13-10)18-4-2-7(3-5-18)9(12)19/h6-7H,2-5H2,1H3,(H2,12,19). The summed E-state index contributed by atoms with van der Waals surface area (Å²) in [5.74, 6) is 0.531. The van der Waals surface area contributed by atoms with Gasteiger partial charge in [-0.3, -0.25) is 4.79 Å². The number of hydrogen-bond donors (Lipinski definition) is 1. The maximum absolute atomic E-state index is 11.2. The topological polar surface area (TPSA) is 103 Å². The first kappa shape index (κ1) is 11.8. The van der Waals surface area contributed by atoms with Crippen molar-refractivity contribution >= 4 is 22.9 Å². The molecule has 0 unspecified atom stereocenters. The van der Waals surface area contributed by atoms with E-state index in [4.69, 9.17) is 5.73 Å². The minimum absolute atomic E-state index is 0.0320. The smallest absolute Gasteiger partial charge is 0.220 e. The van der Waals surface area contributed by atoms with Gasteiger partial charge in [0.2, 0.25) is 5.91 Å². The molecule has 100 valence electrons. The van der Waals surface area contributed by atoms with Gasteiger partial charge in [0, 0.05) is 26.1 Å². The van der Waals surface area contributed by atoms with Crippen LogP contribution in [0.1, 0.15) is 12.8 Å². The summed E-state index contributed by atoms with van der Waals surface area (Å²) in [7, 11) is 1.80. The van der Waals surface area contributed by atoms with E-state index < -0.39 is 0 Å². The number of carbonyl (C=O) groups excluding carboxylic acids is 1. The molecule has 0 atom stereocenters. The fourth-order valence-corrected chi connectivity index (χ4v) is 2.45. The number of rotatable bonds is 2. The van der Waals surface area contributed by atoms with Crippen LogP contribution >= 0.6 is 0 Å². The largest absolute Gasteiger partial charge is 0.369 e. The number of anilines is 1. The fourth-order valence-electron chi connectivity index (χ4n) is 2.45. The van der Waals surface area contributed by atoms with Gasteiger partial charge >= 0.3 is 0 Å². The monoisotopic (exact) mass is 261 g/mol. The Labute approximate surface area is 109 Å². The van der Waals surface area contributed by atoms with Crippen molar-refractivity contribution in [1.29, 1.82) is 0 Å². The molecular weight excluding hydrogens is 246 g/mol. The van der Waals surface area contributed by atoms with E-state index in [0.717, 1.165) is 31.7 Å². The Kier molecular flexibility index (Phi) is 2.77. The van der Waals surface area contributed by atoms with Crippen molar-refractivity contribution in [3.8, 4) is 0 Å². The Morgan fingerprint density at radius 3 is 2.79 bits per heavy atom. The summed E-state index contributed by atoms with van der Waals surface area (Å²) in [6.45, 7) is 1.49. The average molecular weight is 261 g/mol. The predicted molar refractivity (Wildman–Crippen MR) is 68.2 cm³/mol. The number of amides is 1. The third kappa shape index (κ3) is 1.98. The van der Waals surface area contributed by atoms with Crippen LogP contribution in [0.3, 0.4) is 0 Å². The molecule has 1 fully saturated rings. The van der Waals surface area contributed by atoms with Crippen molar-refractivity contribution in [2.45, 2.75) is 12.8 Å². The number of hydrogen-bond acceptors (Lipinski definition) is 6. The van der Waals surface area contributed by atoms with Gasteiger partial charge in [0.15, 0.2) is 17.0 Å². The molecule has 0 saturated carbocycles. The number of aryl methyl sites for hydroxylation is 1. The van der Waals surface area contributed by atoms with Gasteiger partial charge in [-0.15, -0.1) is 5.10 Å². The van der Waals surface area contributed by atoms with E-state index in [1.807, 2.05) is 0 Å². The van der Waals surface area contributed by atoms with Gasteiger partial charge in [-0.1, -0.05) is 5.21 Å². The molecule has 2 N–H and O–H groups in total. The number of primary amides is 1. The van der Waals surface area contributed by atoms with Gasteiger partial charge in [0.1, 0.15) is 6.33 Å². The molecule has 8 nitrogen and oxygen atoms in total. The molecule has 0 radical (unpaired) electrons. The molecule has 0 aliphatic carbocycles. The van der Waals surface area contributed by atoms with Gasteiger partial charge in [-0.25, -0.2) is 14.6 Å². The summed E-state index contributed by atoms with van der Waals surface area (Å²) in [4.78, 5) is 21.7. The Bertz CT molecular complexity index is 615. The molecule has 3 rings (SSSR count). The minimum atomic E-state index is -0.216. The summed E-state index contributed by atoms with van der Waals surface area (Å²) in [6.07, 6.45) is 3.02. The molecule has 1 amide bonds. The van der Waals surface area contributed by atoms with Crippen molar-refractivity contribution in [2.24, 2.45) is 18.7 Å². The Morgan fingerprint density at radius 2 is 2.11 bits per heavy atom. The summed E-state index contributed by atoms with van der Waals surface area (Å²) in [6, 6.07) is 0. The van der Waals surface area contributed by atoms with E-state index in [9.17, 15) is 4.79 Å². The second-order valence-corrected chi connectivity index (χ2v) is 4.75. The van der Waals surface area contributed by atoms with Crippen molar-refractivity contribution in [1.82, 2.24) is 25.0 Å². The van der Waals surface area contributed by atoms with Crippen LogP contribution in [0.25, 0.3) is 11.2 Å². The van der Waals surface area contributed by atoms with E-state index >= 15 is 0 Å². The molecule has 0 aromatic carbocycles. The van der Waals surface area contributed by atoms with E-state index in [1.54, 1.807) is 11.7 Å². The van der Waals surface area contributed by atoms with Crippen LogP contribution in [0.15, 0.2) is 6.33 Å². The lowest BCUT2D eigenvalue weighted by molar-refractivity contribution is -0.122. The highest BCUT2D eigenvalue weighted by atomic mass is 16.1. The van der Waals surface area contributed by atoms with Crippen LogP contribution in [-0.2, 0) is 11.8 Å². The van der Waals surface area contributed by atoms with Crippen LogP contribution in [0.5, 0.6) is 0 Å². The van der Waals surface area contributed by atoms with Gasteiger partial charge < -0.3 is 10.6 Å². The number of carbonyl (C=O) groups is 1. The molecule has 8 heteroatoms. The van der Waals surface area contributed by atoms with Gasteiger partial charge in [-0.05, 0) is 12.8 Å². The van der Waals surface area contributed by atoms with Crippen molar-refractivity contribution in [2.75, 3.05) is 18.0 Å². The van der Waals surface area contributed by atoms with E-state index in [0.29, 0.717) is 11.2 Å². The summed E-state index contributed by atoms with van der Waals surface area (Å²) >= 11 is 0. The fraction of sp³-hybridized carbons (Fsp3) is 0.545. The Balaban J connectivity index is 1.88. The zero-order chi connectivity index (χ0) is 13.4. The van der Waals surface area contributed by atoms with E-state index in [-0.39, 0.29) is 11.8 Å². The zero-order valence-electron chi connectivity index (χ0n) is 10.7. The highest BCUT2D eigenvalue weighted by molar-refractivity contribution is 5.83. The SMILES string of the molecule is Cn1nnc2c(N3CCC(C(N)=O)CC3)ncnc21. The Hall–Kier alpha value is -2.25. The van der Waals surface area contributed by atoms with Crippen LogP contribution in [0, 0.1) is 5.92 Å². The molecule has 19 heavy (non-hydrogen) atoms. The zero-order valence-corrected chi connectivity index (χ0v) is 10.7. The lowest BCUT2D eigenvalue weighted by Crippen LogP contribution is -2.39. The first-order valence-electron chi connectivity index (χ1n) is 6.21. The molecule has 2 aromatic heterocycles. The number of aromatic nitrogens is 5. The second-order valence-electron chi connectivity index (χ2n) is 4.75. The maximum atomic E-state index is 11.2. The van der Waals surface area contributed by atoms with Crippen LogP contribution in [0.2, 0.25) is 0 Å². The van der Waals surface area contributed by atoms with Crippen molar-refractivity contribution < 1.29 is 4.79 Å². The highest BCUT2D eigenvalue weighted by Crippen LogP contribution is 2.25. The quantitative estimate of drug-likeness (QED) is 0.778. The van der Waals surface area contributed by atoms with Gasteiger partial charge in [-0.2, -0.15) is 0 Å². The van der Waals surface area contributed by atoms with Crippen LogP contribution in [-0.4, -0.2) is 44.0 Å². The third-order valence-electron chi connectivity index (χ3n) is 3.57. The molecule has 2 aromatic rings. The van der Waals surface area contributed by atoms with Crippen molar-refractivity contribution in [3.05, 3.63) is 6.33 Å². The van der Waals surface area contributed by atoms with Crippen LogP contribution < -0.4 is 10.6 Å². The Morgan fingerprint density at radius 1 is 1.37 bits per heavy atom. The molecule has 0 spiro atoms. The predicted octanol–water partition coefficient (Wildman–Crippen LogP) is -0.540. The molecular formula is C11H15N7O. The normalized spacial score (nSPS) is 17.0. The first-order chi connectivity index (χ1) is 9.16.